The van der Waals surface area contributed by atoms with Crippen LogP contribution in [0.2, 0.25) is 0 Å². The molecule has 36 heavy (non-hydrogen) atoms. The van der Waals surface area contributed by atoms with Crippen molar-refractivity contribution >= 4 is 21.0 Å². The van der Waals surface area contributed by atoms with Crippen LogP contribution in [0.3, 0.4) is 0 Å². The highest BCUT2D eigenvalue weighted by Crippen LogP contribution is 2.34. The van der Waals surface area contributed by atoms with E-state index in [1.54, 1.807) is 12.1 Å². The molecule has 0 fully saturated rings. The molecule has 4 aromatic carbocycles. The van der Waals surface area contributed by atoms with Crippen molar-refractivity contribution in [3.8, 4) is 11.1 Å². The van der Waals surface area contributed by atoms with Gasteiger partial charge in [0.25, 0.3) is 10.1 Å². The third-order valence-electron chi connectivity index (χ3n) is 6.36. The summed E-state index contributed by atoms with van der Waals surface area (Å²) in [6.45, 7) is 1.50. The second kappa shape index (κ2) is 10.1. The van der Waals surface area contributed by atoms with E-state index >= 15 is 0 Å². The van der Waals surface area contributed by atoms with Gasteiger partial charge in [-0.15, -0.1) is 0 Å². The van der Waals surface area contributed by atoms with E-state index < -0.39 is 22.3 Å². The van der Waals surface area contributed by atoms with E-state index in [9.17, 15) is 13.5 Å². The standard InChI is InChI=1S/C30H27NO4S/c1-22-15-17-25(18-16-22)36(33,34)35-21-29(32)30(24-11-6-3-7-12-24)31-20-19-27-26(13-8-14-28(27)31)23-9-4-2-5-10-23/h2-20,29-30,32H,21H2,1H3/t29-,30+/m1/s1. The van der Waals surface area contributed by atoms with Crippen LogP contribution in [-0.2, 0) is 14.3 Å². The van der Waals surface area contributed by atoms with E-state index in [4.69, 9.17) is 4.18 Å². The first-order valence-electron chi connectivity index (χ1n) is 11.8. The Morgan fingerprint density at radius 2 is 1.47 bits per heavy atom. The molecule has 2 atom stereocenters. The van der Waals surface area contributed by atoms with E-state index in [2.05, 4.69) is 18.2 Å². The van der Waals surface area contributed by atoms with Crippen LogP contribution in [-0.4, -0.2) is 30.8 Å². The normalized spacial score (nSPS) is 13.5. The molecular weight excluding hydrogens is 470 g/mol. The Hall–Kier alpha value is -3.71. The predicted molar refractivity (Wildman–Crippen MR) is 142 cm³/mol. The molecule has 182 valence electrons. The van der Waals surface area contributed by atoms with Gasteiger partial charge in [-0.05, 0) is 47.9 Å². The molecule has 0 aliphatic carbocycles. The fourth-order valence-corrected chi connectivity index (χ4v) is 5.47. The van der Waals surface area contributed by atoms with Gasteiger partial charge in [0.1, 0.15) is 6.10 Å². The molecule has 5 rings (SSSR count). The quantitative estimate of drug-likeness (QED) is 0.268. The van der Waals surface area contributed by atoms with Crippen molar-refractivity contribution in [3.05, 3.63) is 127 Å². The van der Waals surface area contributed by atoms with Gasteiger partial charge in [0.15, 0.2) is 0 Å². The summed E-state index contributed by atoms with van der Waals surface area (Å²) in [5.41, 5.74) is 4.93. The number of rotatable bonds is 8. The van der Waals surface area contributed by atoms with Gasteiger partial charge in [0, 0.05) is 17.1 Å². The van der Waals surface area contributed by atoms with Crippen LogP contribution >= 0.6 is 0 Å². The average Bonchev–Trinajstić information content (AvgIpc) is 3.33. The zero-order valence-corrected chi connectivity index (χ0v) is 20.7. The fourth-order valence-electron chi connectivity index (χ4n) is 4.54. The molecule has 0 radical (unpaired) electrons. The molecule has 1 aromatic heterocycles. The lowest BCUT2D eigenvalue weighted by Gasteiger charge is -2.26. The smallest absolute Gasteiger partial charge is 0.297 e. The second-order valence-corrected chi connectivity index (χ2v) is 10.4. The van der Waals surface area contributed by atoms with Crippen LogP contribution in [0.4, 0.5) is 0 Å². The van der Waals surface area contributed by atoms with E-state index in [0.717, 1.165) is 33.2 Å². The molecule has 6 heteroatoms. The first-order chi connectivity index (χ1) is 17.4. The number of aliphatic hydroxyl groups excluding tert-OH is 1. The van der Waals surface area contributed by atoms with Gasteiger partial charge in [-0.3, -0.25) is 4.18 Å². The molecule has 0 bridgehead atoms. The fraction of sp³-hybridized carbons (Fsp3) is 0.133. The molecule has 0 amide bonds. The van der Waals surface area contributed by atoms with Gasteiger partial charge in [-0.2, -0.15) is 8.42 Å². The average molecular weight is 498 g/mol. The van der Waals surface area contributed by atoms with Crippen molar-refractivity contribution in [2.75, 3.05) is 6.61 Å². The summed E-state index contributed by atoms with van der Waals surface area (Å²) < 4.78 is 32.9. The minimum absolute atomic E-state index is 0.0653. The summed E-state index contributed by atoms with van der Waals surface area (Å²) in [4.78, 5) is 0.0653. The Balaban J connectivity index is 1.51. The Kier molecular flexibility index (Phi) is 6.74. The third kappa shape index (κ3) is 4.84. The predicted octanol–water partition coefficient (Wildman–Crippen LogP) is 5.97. The van der Waals surface area contributed by atoms with E-state index in [1.165, 1.54) is 12.1 Å². The van der Waals surface area contributed by atoms with Crippen molar-refractivity contribution in [2.45, 2.75) is 24.0 Å². The Morgan fingerprint density at radius 3 is 2.17 bits per heavy atom. The van der Waals surface area contributed by atoms with Crippen LogP contribution in [0.25, 0.3) is 22.0 Å². The van der Waals surface area contributed by atoms with Crippen LogP contribution in [0.15, 0.2) is 120 Å². The lowest BCUT2D eigenvalue weighted by Crippen LogP contribution is -2.30. The maximum Gasteiger partial charge on any atom is 0.297 e. The van der Waals surface area contributed by atoms with Gasteiger partial charge in [-0.25, -0.2) is 0 Å². The molecule has 0 unspecified atom stereocenters. The van der Waals surface area contributed by atoms with Gasteiger partial charge in [0.2, 0.25) is 0 Å². The SMILES string of the molecule is Cc1ccc(S(=O)(=O)OC[C@@H](O)[C@H](c2ccccc2)n2ccc3c(-c4ccccc4)cccc32)cc1. The van der Waals surface area contributed by atoms with Gasteiger partial charge < -0.3 is 9.67 Å². The molecule has 5 aromatic rings. The van der Waals surface area contributed by atoms with Crippen LogP contribution in [0.5, 0.6) is 0 Å². The van der Waals surface area contributed by atoms with Crippen LogP contribution in [0, 0.1) is 6.92 Å². The first kappa shape index (κ1) is 24.0. The molecule has 0 saturated heterocycles. The van der Waals surface area contributed by atoms with Crippen molar-refractivity contribution < 1.29 is 17.7 Å². The van der Waals surface area contributed by atoms with Gasteiger partial charge in [0.05, 0.1) is 17.5 Å². The van der Waals surface area contributed by atoms with Crippen molar-refractivity contribution in [2.24, 2.45) is 0 Å². The molecule has 0 aliphatic heterocycles. The third-order valence-corrected chi connectivity index (χ3v) is 7.65. The highest BCUT2D eigenvalue weighted by molar-refractivity contribution is 7.86. The number of aromatic nitrogens is 1. The summed E-state index contributed by atoms with van der Waals surface area (Å²) in [7, 11) is -4.01. The zero-order valence-electron chi connectivity index (χ0n) is 19.9. The molecule has 1 N–H and O–H groups in total. The second-order valence-electron chi connectivity index (χ2n) is 8.80. The molecular formula is C30H27NO4S. The first-order valence-corrected chi connectivity index (χ1v) is 13.2. The zero-order chi connectivity index (χ0) is 25.1. The monoisotopic (exact) mass is 497 g/mol. The number of hydrogen-bond donors (Lipinski definition) is 1. The van der Waals surface area contributed by atoms with E-state index in [-0.39, 0.29) is 11.5 Å². The maximum atomic E-state index is 12.8. The highest BCUT2D eigenvalue weighted by atomic mass is 32.2. The number of benzene rings is 4. The van der Waals surface area contributed by atoms with E-state index in [0.29, 0.717) is 0 Å². The molecule has 0 spiro atoms. The summed E-state index contributed by atoms with van der Waals surface area (Å²) in [6, 6.07) is 33.7. The van der Waals surface area contributed by atoms with Crippen molar-refractivity contribution in [1.82, 2.24) is 4.57 Å². The summed E-state index contributed by atoms with van der Waals surface area (Å²) in [5.74, 6) is 0. The minimum Gasteiger partial charge on any atom is -0.388 e. The lowest BCUT2D eigenvalue weighted by molar-refractivity contribution is 0.0785. The van der Waals surface area contributed by atoms with Crippen LogP contribution < -0.4 is 0 Å². The van der Waals surface area contributed by atoms with Crippen LogP contribution in [0.1, 0.15) is 17.2 Å². The Morgan fingerprint density at radius 1 is 0.806 bits per heavy atom. The molecule has 5 nitrogen and oxygen atoms in total. The topological polar surface area (TPSA) is 68.5 Å². The van der Waals surface area contributed by atoms with Crippen molar-refractivity contribution in [3.63, 3.8) is 0 Å². The number of nitrogens with zero attached hydrogens (tertiary/aromatic N) is 1. The number of fused-ring (bicyclic) bond motifs is 1. The summed E-state index contributed by atoms with van der Waals surface area (Å²) >= 11 is 0. The molecule has 0 saturated carbocycles. The van der Waals surface area contributed by atoms with E-state index in [1.807, 2.05) is 84.4 Å². The highest BCUT2D eigenvalue weighted by Gasteiger charge is 2.27. The Labute approximate surface area is 211 Å². The number of aliphatic hydroxyl groups is 1. The summed E-state index contributed by atoms with van der Waals surface area (Å²) in [5, 5.41) is 12.4. The summed E-state index contributed by atoms with van der Waals surface area (Å²) in [6.07, 6.45) is 0.815. The van der Waals surface area contributed by atoms with Crippen molar-refractivity contribution in [1.29, 1.82) is 0 Å². The Bertz CT molecular complexity index is 1560. The van der Waals surface area contributed by atoms with Gasteiger partial charge in [-0.1, -0.05) is 90.5 Å². The van der Waals surface area contributed by atoms with Gasteiger partial charge >= 0.3 is 0 Å². The molecule has 0 aliphatic rings. The largest absolute Gasteiger partial charge is 0.388 e. The molecule has 1 heterocycles. The maximum absolute atomic E-state index is 12.8. The lowest BCUT2D eigenvalue weighted by atomic mass is 10.00. The minimum atomic E-state index is -4.01. The number of aryl methyl sites for hydroxylation is 1. The number of hydrogen-bond acceptors (Lipinski definition) is 4.